The summed E-state index contributed by atoms with van der Waals surface area (Å²) in [5, 5.41) is 2.47. The zero-order valence-corrected chi connectivity index (χ0v) is 16.2. The molecule has 138 valence electrons. The van der Waals surface area contributed by atoms with E-state index < -0.39 is 0 Å². The minimum Gasteiger partial charge on any atom is -0.334 e. The largest absolute Gasteiger partial charge is 0.334 e. The number of aromatic nitrogens is 1. The molecule has 0 fully saturated rings. The summed E-state index contributed by atoms with van der Waals surface area (Å²) in [6.45, 7) is 2.74. The van der Waals surface area contributed by atoms with E-state index in [4.69, 9.17) is 11.6 Å². The fourth-order valence-corrected chi connectivity index (χ4v) is 4.29. The van der Waals surface area contributed by atoms with Gasteiger partial charge in [0.25, 0.3) is 0 Å². The van der Waals surface area contributed by atoms with Crippen LogP contribution in [0.2, 0.25) is 0 Å². The number of carbonyl (C=O) groups excluding carboxylic acids is 1. The van der Waals surface area contributed by atoms with E-state index in [0.29, 0.717) is 6.54 Å². The van der Waals surface area contributed by atoms with E-state index in [-0.39, 0.29) is 17.8 Å². The standard InChI is InChI=1S/C23H23ClN2O/c1-16-19(9-8-17-5-2-3-7-21(16)17)15-26(23(27)14-24)20-10-11-22-18(13-20)6-4-12-25-22/h2-9,12,20H,10-11,13-15H2,1H3. The Morgan fingerprint density at radius 3 is 2.89 bits per heavy atom. The minimum atomic E-state index is 0.00145. The number of carbonyl (C=O) groups is 1. The Labute approximate surface area is 165 Å². The molecule has 1 heterocycles. The molecule has 4 heteroatoms. The lowest BCUT2D eigenvalue weighted by Crippen LogP contribution is -2.43. The van der Waals surface area contributed by atoms with E-state index in [9.17, 15) is 4.79 Å². The molecule has 1 amide bonds. The van der Waals surface area contributed by atoms with Gasteiger partial charge in [0.1, 0.15) is 5.88 Å². The molecular formula is C23H23ClN2O. The molecule has 27 heavy (non-hydrogen) atoms. The molecule has 3 nitrogen and oxygen atoms in total. The van der Waals surface area contributed by atoms with Crippen LogP contribution in [0.25, 0.3) is 10.8 Å². The van der Waals surface area contributed by atoms with Crippen molar-refractivity contribution in [2.45, 2.75) is 38.8 Å². The van der Waals surface area contributed by atoms with Crippen LogP contribution in [-0.2, 0) is 24.2 Å². The van der Waals surface area contributed by atoms with E-state index >= 15 is 0 Å². The first-order valence-electron chi connectivity index (χ1n) is 9.43. The van der Waals surface area contributed by atoms with E-state index in [1.165, 1.54) is 27.5 Å². The first-order chi connectivity index (χ1) is 13.2. The summed E-state index contributed by atoms with van der Waals surface area (Å²) in [5.41, 5.74) is 4.83. The van der Waals surface area contributed by atoms with Crippen LogP contribution < -0.4 is 0 Å². The van der Waals surface area contributed by atoms with Crippen LogP contribution in [0.5, 0.6) is 0 Å². The molecule has 0 saturated carbocycles. The van der Waals surface area contributed by atoms with Gasteiger partial charge < -0.3 is 4.90 Å². The van der Waals surface area contributed by atoms with E-state index in [1.807, 2.05) is 17.2 Å². The predicted octanol–water partition coefficient (Wildman–Crippen LogP) is 4.67. The van der Waals surface area contributed by atoms with Crippen molar-refractivity contribution >= 4 is 28.3 Å². The van der Waals surface area contributed by atoms with Crippen molar-refractivity contribution in [3.8, 4) is 0 Å². The van der Waals surface area contributed by atoms with Crippen molar-refractivity contribution in [2.24, 2.45) is 0 Å². The highest BCUT2D eigenvalue weighted by molar-refractivity contribution is 6.27. The monoisotopic (exact) mass is 378 g/mol. The highest BCUT2D eigenvalue weighted by atomic mass is 35.5. The molecule has 1 unspecified atom stereocenters. The van der Waals surface area contributed by atoms with E-state index in [0.717, 1.165) is 25.0 Å². The third-order valence-corrected chi connectivity index (χ3v) is 5.91. The Hall–Kier alpha value is -2.39. The molecule has 0 N–H and O–H groups in total. The molecule has 0 bridgehead atoms. The molecule has 1 aliphatic carbocycles. The van der Waals surface area contributed by atoms with E-state index in [1.54, 1.807) is 0 Å². The van der Waals surface area contributed by atoms with Crippen LogP contribution >= 0.6 is 11.6 Å². The molecule has 1 atom stereocenters. The van der Waals surface area contributed by atoms with Crippen molar-refractivity contribution in [1.29, 1.82) is 0 Å². The maximum atomic E-state index is 12.7. The number of pyridine rings is 1. The summed E-state index contributed by atoms with van der Waals surface area (Å²) in [7, 11) is 0. The Morgan fingerprint density at radius 1 is 1.19 bits per heavy atom. The fraction of sp³-hybridized carbons (Fsp3) is 0.304. The van der Waals surface area contributed by atoms with Gasteiger partial charge in [-0.25, -0.2) is 0 Å². The molecule has 1 aliphatic rings. The highest BCUT2D eigenvalue weighted by Gasteiger charge is 2.28. The molecule has 4 rings (SSSR count). The number of aryl methyl sites for hydroxylation is 2. The summed E-state index contributed by atoms with van der Waals surface area (Å²) in [4.78, 5) is 19.1. The summed E-state index contributed by atoms with van der Waals surface area (Å²) in [6.07, 6.45) is 4.53. The third kappa shape index (κ3) is 3.57. The number of hydrogen-bond donors (Lipinski definition) is 0. The van der Waals surface area contributed by atoms with Crippen molar-refractivity contribution in [3.63, 3.8) is 0 Å². The van der Waals surface area contributed by atoms with Crippen LogP contribution in [-0.4, -0.2) is 27.7 Å². The van der Waals surface area contributed by atoms with Gasteiger partial charge in [-0.2, -0.15) is 0 Å². The van der Waals surface area contributed by atoms with Gasteiger partial charge in [0.2, 0.25) is 5.91 Å². The van der Waals surface area contributed by atoms with Gasteiger partial charge in [-0.15, -0.1) is 11.6 Å². The first kappa shape index (κ1) is 18.0. The second kappa shape index (κ2) is 7.69. The lowest BCUT2D eigenvalue weighted by atomic mass is 9.90. The highest BCUT2D eigenvalue weighted by Crippen LogP contribution is 2.27. The van der Waals surface area contributed by atoms with Crippen molar-refractivity contribution in [3.05, 3.63) is 77.1 Å². The van der Waals surface area contributed by atoms with Crippen LogP contribution in [0, 0.1) is 6.92 Å². The van der Waals surface area contributed by atoms with E-state index in [2.05, 4.69) is 54.4 Å². The van der Waals surface area contributed by atoms with Gasteiger partial charge in [-0.1, -0.05) is 42.5 Å². The molecular weight excluding hydrogens is 356 g/mol. The Bertz CT molecular complexity index is 985. The summed E-state index contributed by atoms with van der Waals surface area (Å²) < 4.78 is 0. The molecule has 0 aliphatic heterocycles. The number of benzene rings is 2. The molecule has 0 spiro atoms. The second-order valence-corrected chi connectivity index (χ2v) is 7.50. The number of amides is 1. The molecule has 0 saturated heterocycles. The Balaban J connectivity index is 1.64. The minimum absolute atomic E-state index is 0.00145. The maximum absolute atomic E-state index is 12.7. The average molecular weight is 379 g/mol. The normalized spacial score (nSPS) is 16.1. The predicted molar refractivity (Wildman–Crippen MR) is 110 cm³/mol. The first-order valence-corrected chi connectivity index (χ1v) is 9.96. The lowest BCUT2D eigenvalue weighted by molar-refractivity contribution is -0.131. The fourth-order valence-electron chi connectivity index (χ4n) is 4.13. The Kier molecular flexibility index (Phi) is 5.13. The van der Waals surface area contributed by atoms with Gasteiger partial charge in [0.15, 0.2) is 0 Å². The summed E-state index contributed by atoms with van der Waals surface area (Å²) in [6, 6.07) is 16.9. The Morgan fingerprint density at radius 2 is 2.04 bits per heavy atom. The number of alkyl halides is 1. The van der Waals surface area contributed by atoms with Gasteiger partial charge in [-0.3, -0.25) is 9.78 Å². The van der Waals surface area contributed by atoms with Gasteiger partial charge >= 0.3 is 0 Å². The molecule has 2 aromatic carbocycles. The topological polar surface area (TPSA) is 33.2 Å². The molecule has 3 aromatic rings. The second-order valence-electron chi connectivity index (χ2n) is 7.23. The zero-order chi connectivity index (χ0) is 18.8. The number of nitrogens with zero attached hydrogens (tertiary/aromatic N) is 2. The maximum Gasteiger partial charge on any atom is 0.238 e. The van der Waals surface area contributed by atoms with Gasteiger partial charge in [-0.05, 0) is 59.7 Å². The SMILES string of the molecule is Cc1c(CN(C(=O)CCl)C2CCc3ncccc3C2)ccc2ccccc12. The van der Waals surface area contributed by atoms with Crippen LogP contribution in [0.3, 0.4) is 0 Å². The number of hydrogen-bond acceptors (Lipinski definition) is 2. The smallest absolute Gasteiger partial charge is 0.238 e. The summed E-state index contributed by atoms with van der Waals surface area (Å²) >= 11 is 5.96. The molecule has 0 radical (unpaired) electrons. The number of rotatable bonds is 4. The van der Waals surface area contributed by atoms with Crippen molar-refractivity contribution in [2.75, 3.05) is 5.88 Å². The van der Waals surface area contributed by atoms with Crippen LogP contribution in [0.4, 0.5) is 0 Å². The van der Waals surface area contributed by atoms with Gasteiger partial charge in [0, 0.05) is 24.5 Å². The zero-order valence-electron chi connectivity index (χ0n) is 15.5. The lowest BCUT2D eigenvalue weighted by Gasteiger charge is -2.35. The summed E-state index contributed by atoms with van der Waals surface area (Å²) in [5.74, 6) is 0.0183. The average Bonchev–Trinajstić information content (AvgIpc) is 2.72. The molecule has 1 aromatic heterocycles. The number of fused-ring (bicyclic) bond motifs is 2. The van der Waals surface area contributed by atoms with Crippen molar-refractivity contribution < 1.29 is 4.79 Å². The van der Waals surface area contributed by atoms with Crippen LogP contribution in [0.1, 0.15) is 28.8 Å². The van der Waals surface area contributed by atoms with Crippen LogP contribution in [0.15, 0.2) is 54.7 Å². The quantitative estimate of drug-likeness (QED) is 0.618. The van der Waals surface area contributed by atoms with Crippen molar-refractivity contribution in [1.82, 2.24) is 9.88 Å². The van der Waals surface area contributed by atoms with Gasteiger partial charge in [0.05, 0.1) is 0 Å². The third-order valence-electron chi connectivity index (χ3n) is 5.68. The number of halogens is 1.